The Morgan fingerprint density at radius 3 is 1.67 bits per heavy atom. The maximum absolute atomic E-state index is 11.4. The summed E-state index contributed by atoms with van der Waals surface area (Å²) in [7, 11) is 0. The first-order valence-electron chi connectivity index (χ1n) is 5.31. The Morgan fingerprint density at radius 1 is 0.889 bits per heavy atom. The number of rotatable bonds is 1. The van der Waals surface area contributed by atoms with Crippen LogP contribution in [-0.2, 0) is 10.4 Å². The van der Waals surface area contributed by atoms with Gasteiger partial charge in [0.15, 0.2) is 0 Å². The van der Waals surface area contributed by atoms with Crippen LogP contribution in [0, 0.1) is 0 Å². The zero-order valence-electron chi connectivity index (χ0n) is 9.92. The maximum Gasteiger partial charge on any atom is 1.00 e. The number of hydrogen-bond donors (Lipinski definition) is 2. The molecule has 0 aliphatic heterocycles. The van der Waals surface area contributed by atoms with Crippen molar-refractivity contribution in [3.63, 3.8) is 0 Å². The van der Waals surface area contributed by atoms with Crippen LogP contribution in [0.4, 0.5) is 0 Å². The van der Waals surface area contributed by atoms with Gasteiger partial charge in [0, 0.05) is 11.1 Å². The summed E-state index contributed by atoms with van der Waals surface area (Å²) >= 11 is 0. The Morgan fingerprint density at radius 2 is 1.28 bits per heavy atom. The zero-order chi connectivity index (χ0) is 12.0. The number of carboxylic acids is 1. The van der Waals surface area contributed by atoms with Crippen molar-refractivity contribution in [3.05, 3.63) is 59.7 Å². The molecule has 1 aliphatic carbocycles. The molecule has 3 rings (SSSR count). The predicted molar refractivity (Wildman–Crippen MR) is 62.5 cm³/mol. The molecule has 18 heavy (non-hydrogen) atoms. The molecule has 0 bridgehead atoms. The molecule has 0 saturated carbocycles. The van der Waals surface area contributed by atoms with Crippen LogP contribution >= 0.6 is 0 Å². The first-order chi connectivity index (χ1) is 8.15. The Labute approximate surface area is 126 Å². The van der Waals surface area contributed by atoms with E-state index in [1.54, 1.807) is 24.3 Å². The number of fused-ring (bicyclic) bond motifs is 3. The average Bonchev–Trinajstić information content (AvgIpc) is 2.63. The molecule has 0 atom stereocenters. The van der Waals surface area contributed by atoms with Gasteiger partial charge in [-0.05, 0) is 11.1 Å². The average molecular weight is 249 g/mol. The van der Waals surface area contributed by atoms with Gasteiger partial charge in [-0.15, -0.1) is 0 Å². The van der Waals surface area contributed by atoms with Gasteiger partial charge in [-0.3, -0.25) is 0 Å². The number of aliphatic carboxylic acids is 1. The van der Waals surface area contributed by atoms with E-state index in [2.05, 4.69) is 0 Å². The fraction of sp³-hybridized carbons (Fsp3) is 0.0714. The Bertz CT molecular complexity index is 576. The molecule has 84 valence electrons. The number of carbonyl (C=O) groups is 1. The fourth-order valence-corrected chi connectivity index (χ4v) is 2.44. The molecule has 2 aromatic rings. The molecule has 3 nitrogen and oxygen atoms in total. The molecule has 0 radical (unpaired) electrons. The minimum absolute atomic E-state index is 0. The number of aliphatic hydroxyl groups is 1. The third kappa shape index (κ3) is 1.56. The first kappa shape index (κ1) is 13.3. The topological polar surface area (TPSA) is 57.5 Å². The monoisotopic (exact) mass is 249 g/mol. The van der Waals surface area contributed by atoms with Crippen molar-refractivity contribution in [2.45, 2.75) is 5.60 Å². The van der Waals surface area contributed by atoms with Gasteiger partial charge in [0.25, 0.3) is 0 Å². The van der Waals surface area contributed by atoms with E-state index >= 15 is 0 Å². The van der Waals surface area contributed by atoms with Crippen molar-refractivity contribution in [1.82, 2.24) is 0 Å². The molecule has 0 unspecified atom stereocenters. The van der Waals surface area contributed by atoms with Crippen LogP contribution in [0.3, 0.4) is 0 Å². The van der Waals surface area contributed by atoms with Gasteiger partial charge >= 0.3 is 35.5 Å². The number of benzene rings is 2. The summed E-state index contributed by atoms with van der Waals surface area (Å²) in [6.07, 6.45) is 0. The van der Waals surface area contributed by atoms with Crippen LogP contribution in [0.2, 0.25) is 0 Å². The summed E-state index contributed by atoms with van der Waals surface area (Å²) < 4.78 is 0. The summed E-state index contributed by atoms with van der Waals surface area (Å²) in [6, 6.07) is 14.1. The van der Waals surface area contributed by atoms with Crippen LogP contribution in [0.5, 0.6) is 0 Å². The van der Waals surface area contributed by atoms with Crippen molar-refractivity contribution in [1.29, 1.82) is 0 Å². The van der Waals surface area contributed by atoms with Crippen LogP contribution in [-0.4, -0.2) is 16.2 Å². The van der Waals surface area contributed by atoms with E-state index in [-0.39, 0.29) is 29.6 Å². The summed E-state index contributed by atoms with van der Waals surface area (Å²) in [5.74, 6) is -1.24. The maximum atomic E-state index is 11.4. The number of hydrogen-bond acceptors (Lipinski definition) is 2. The Kier molecular flexibility index (Phi) is 3.34. The van der Waals surface area contributed by atoms with Crippen molar-refractivity contribution >= 4 is 5.97 Å². The van der Waals surface area contributed by atoms with Gasteiger partial charge in [0.05, 0.1) is 0 Å². The van der Waals surface area contributed by atoms with Gasteiger partial charge in [0.1, 0.15) is 0 Å². The first-order valence-corrected chi connectivity index (χ1v) is 5.31. The van der Waals surface area contributed by atoms with Gasteiger partial charge in [0.2, 0.25) is 5.60 Å². The second kappa shape index (κ2) is 4.52. The molecule has 0 fully saturated rings. The van der Waals surface area contributed by atoms with Gasteiger partial charge < -0.3 is 10.2 Å². The van der Waals surface area contributed by atoms with Crippen LogP contribution in [0.25, 0.3) is 11.1 Å². The van der Waals surface area contributed by atoms with Crippen molar-refractivity contribution in [2.24, 2.45) is 0 Å². The van der Waals surface area contributed by atoms with E-state index in [9.17, 15) is 15.0 Å². The van der Waals surface area contributed by atoms with E-state index in [0.29, 0.717) is 11.1 Å². The smallest absolute Gasteiger partial charge is 0.479 e. The molecule has 4 heteroatoms. The normalized spacial score (nSPS) is 14.3. The molecule has 0 amide bonds. The standard InChI is InChI=1S/C14H10O3.Na/c15-13(16)14(17)11-7-3-1-5-9(11)10-6-2-4-8-12(10)14;/h1-8,17H,(H,15,16);/q;+1. The molecule has 2 aromatic carbocycles. The summed E-state index contributed by atoms with van der Waals surface area (Å²) in [5.41, 5.74) is 0.524. The van der Waals surface area contributed by atoms with Gasteiger partial charge in [-0.1, -0.05) is 48.5 Å². The summed E-state index contributed by atoms with van der Waals surface area (Å²) in [5, 5.41) is 19.8. The Balaban J connectivity index is 0.00000120. The van der Waals surface area contributed by atoms with E-state index < -0.39 is 11.6 Å². The minimum atomic E-state index is -1.92. The van der Waals surface area contributed by atoms with Crippen molar-refractivity contribution < 1.29 is 44.6 Å². The van der Waals surface area contributed by atoms with E-state index in [0.717, 1.165) is 11.1 Å². The Hall–Kier alpha value is -1.13. The quantitative estimate of drug-likeness (QED) is 0.637. The molecular weight excluding hydrogens is 239 g/mol. The molecule has 2 N–H and O–H groups in total. The third-order valence-electron chi connectivity index (χ3n) is 3.23. The van der Waals surface area contributed by atoms with Crippen molar-refractivity contribution in [3.8, 4) is 11.1 Å². The second-order valence-electron chi connectivity index (χ2n) is 4.11. The van der Waals surface area contributed by atoms with Crippen LogP contribution in [0.15, 0.2) is 48.5 Å². The van der Waals surface area contributed by atoms with E-state index in [4.69, 9.17) is 0 Å². The molecular formula is C14H10NaO3+. The van der Waals surface area contributed by atoms with Crippen molar-refractivity contribution in [2.75, 3.05) is 0 Å². The largest absolute Gasteiger partial charge is 1.00 e. The predicted octanol–water partition coefficient (Wildman–Crippen LogP) is -1.01. The third-order valence-corrected chi connectivity index (χ3v) is 3.23. The SMILES string of the molecule is O=C(O)C1(O)c2ccccc2-c2ccccc21.[Na+]. The molecule has 0 heterocycles. The second-order valence-corrected chi connectivity index (χ2v) is 4.11. The van der Waals surface area contributed by atoms with Crippen LogP contribution in [0.1, 0.15) is 11.1 Å². The fourth-order valence-electron chi connectivity index (χ4n) is 2.44. The van der Waals surface area contributed by atoms with Crippen LogP contribution < -0.4 is 29.6 Å². The minimum Gasteiger partial charge on any atom is -0.479 e. The molecule has 0 spiro atoms. The van der Waals surface area contributed by atoms with E-state index in [1.807, 2.05) is 24.3 Å². The van der Waals surface area contributed by atoms with Gasteiger partial charge in [-0.2, -0.15) is 0 Å². The summed E-state index contributed by atoms with van der Waals surface area (Å²) in [4.78, 5) is 11.4. The molecule has 0 aromatic heterocycles. The van der Waals surface area contributed by atoms with E-state index in [1.165, 1.54) is 0 Å². The zero-order valence-corrected chi connectivity index (χ0v) is 11.9. The molecule has 0 saturated heterocycles. The molecule has 1 aliphatic rings. The van der Waals surface area contributed by atoms with Gasteiger partial charge in [-0.25, -0.2) is 4.79 Å². The summed E-state index contributed by atoms with van der Waals surface area (Å²) in [6.45, 7) is 0. The number of carboxylic acid groups (broad SMARTS) is 1.